The molecule has 2 aromatic carbocycles. The average Bonchev–Trinajstić information content (AvgIpc) is 3.26. The first-order chi connectivity index (χ1) is 15.8. The topological polar surface area (TPSA) is 79.8 Å². The molecule has 33 heavy (non-hydrogen) atoms. The molecule has 0 radical (unpaired) electrons. The number of carbonyl (C=O) groups excluding carboxylic acids is 1. The van der Waals surface area contributed by atoms with Crippen LogP contribution in [0.4, 0.5) is 5.13 Å². The molecule has 0 spiro atoms. The quantitative estimate of drug-likeness (QED) is 0.403. The molecule has 0 aliphatic carbocycles. The van der Waals surface area contributed by atoms with E-state index in [9.17, 15) is 13.2 Å². The lowest BCUT2D eigenvalue weighted by molar-refractivity contribution is -0.118. The molecule has 7 nitrogen and oxygen atoms in total. The molecule has 0 fully saturated rings. The second kappa shape index (κ2) is 11.1. The van der Waals surface area contributed by atoms with Crippen LogP contribution in [0.2, 0.25) is 0 Å². The summed E-state index contributed by atoms with van der Waals surface area (Å²) in [5, 5.41) is 0.610. The fraction of sp³-hybridized carbons (Fsp3) is 0.417. The number of hydrogen-bond acceptors (Lipinski definition) is 7. The Balaban J connectivity index is 1.81. The summed E-state index contributed by atoms with van der Waals surface area (Å²) in [5.74, 6) is 0.0822. The molecule has 9 heteroatoms. The molecule has 1 amide bonds. The molecule has 0 atom stereocenters. The first-order valence-corrected chi connectivity index (χ1v) is 13.5. The second-order valence-electron chi connectivity index (χ2n) is 7.73. The molecule has 0 aliphatic rings. The number of anilines is 1. The Hall–Kier alpha value is -2.49. The van der Waals surface area contributed by atoms with E-state index in [1.807, 2.05) is 25.1 Å². The number of likely N-dealkylation sites (N-methyl/N-ethyl adjacent to an activating group) is 1. The van der Waals surface area contributed by atoms with Crippen molar-refractivity contribution in [3.8, 4) is 5.75 Å². The van der Waals surface area contributed by atoms with Crippen molar-refractivity contribution in [3.05, 3.63) is 48.0 Å². The number of para-hydroxylation sites is 1. The monoisotopic (exact) mass is 489 g/mol. The Kier molecular flexibility index (Phi) is 8.45. The zero-order valence-electron chi connectivity index (χ0n) is 19.6. The lowest BCUT2D eigenvalue weighted by Crippen LogP contribution is -2.39. The van der Waals surface area contributed by atoms with Gasteiger partial charge in [-0.2, -0.15) is 0 Å². The van der Waals surface area contributed by atoms with Crippen molar-refractivity contribution in [1.82, 2.24) is 9.88 Å². The minimum absolute atomic E-state index is 0.110. The highest BCUT2D eigenvalue weighted by atomic mass is 32.2. The second-order valence-corrected chi connectivity index (χ2v) is 10.9. The van der Waals surface area contributed by atoms with Gasteiger partial charge in [0.25, 0.3) is 0 Å². The fourth-order valence-electron chi connectivity index (χ4n) is 3.56. The standard InChI is InChI=1S/C24H31N3O4S2/c1-5-26(6-2)15-16-27(24-25-23-18(3)8-7-9-21(23)32-24)22(28)14-17-33(29,30)20-12-10-19(31-4)11-13-20/h7-13H,5-6,14-17H2,1-4H3. The van der Waals surface area contributed by atoms with E-state index in [1.54, 1.807) is 17.0 Å². The first-order valence-electron chi connectivity index (χ1n) is 11.0. The van der Waals surface area contributed by atoms with E-state index in [0.29, 0.717) is 24.0 Å². The number of sulfone groups is 1. The molecule has 0 N–H and O–H groups in total. The molecule has 0 saturated carbocycles. The number of fused-ring (bicyclic) bond motifs is 1. The summed E-state index contributed by atoms with van der Waals surface area (Å²) in [6.07, 6.45) is -0.110. The minimum Gasteiger partial charge on any atom is -0.497 e. The van der Waals surface area contributed by atoms with Gasteiger partial charge in [0, 0.05) is 19.5 Å². The van der Waals surface area contributed by atoms with Gasteiger partial charge in [-0.25, -0.2) is 13.4 Å². The Morgan fingerprint density at radius 3 is 2.36 bits per heavy atom. The van der Waals surface area contributed by atoms with E-state index < -0.39 is 9.84 Å². The molecule has 1 heterocycles. The van der Waals surface area contributed by atoms with Gasteiger partial charge in [-0.15, -0.1) is 0 Å². The fourth-order valence-corrected chi connectivity index (χ4v) is 5.87. The average molecular weight is 490 g/mol. The third kappa shape index (κ3) is 6.10. The maximum atomic E-state index is 13.3. The lowest BCUT2D eigenvalue weighted by atomic mass is 10.2. The summed E-state index contributed by atoms with van der Waals surface area (Å²) >= 11 is 1.46. The summed E-state index contributed by atoms with van der Waals surface area (Å²) in [5.41, 5.74) is 1.93. The van der Waals surface area contributed by atoms with Gasteiger partial charge in [-0.3, -0.25) is 9.69 Å². The van der Waals surface area contributed by atoms with E-state index >= 15 is 0 Å². The van der Waals surface area contributed by atoms with Gasteiger partial charge in [0.05, 0.1) is 28.0 Å². The summed E-state index contributed by atoms with van der Waals surface area (Å²) in [6, 6.07) is 12.2. The van der Waals surface area contributed by atoms with Gasteiger partial charge < -0.3 is 9.64 Å². The number of nitrogens with zero attached hydrogens (tertiary/aromatic N) is 3. The van der Waals surface area contributed by atoms with Crippen LogP contribution in [-0.2, 0) is 14.6 Å². The molecule has 0 aliphatic heterocycles. The van der Waals surface area contributed by atoms with Crippen molar-refractivity contribution in [1.29, 1.82) is 0 Å². The highest BCUT2D eigenvalue weighted by Crippen LogP contribution is 2.31. The van der Waals surface area contributed by atoms with Gasteiger partial charge in [0.15, 0.2) is 15.0 Å². The highest BCUT2D eigenvalue weighted by molar-refractivity contribution is 7.91. The summed E-state index contributed by atoms with van der Waals surface area (Å²) in [4.78, 5) is 22.0. The number of aromatic nitrogens is 1. The van der Waals surface area contributed by atoms with Crippen LogP contribution in [0.1, 0.15) is 25.8 Å². The van der Waals surface area contributed by atoms with E-state index in [-0.39, 0.29) is 23.0 Å². The highest BCUT2D eigenvalue weighted by Gasteiger charge is 2.24. The van der Waals surface area contributed by atoms with Crippen molar-refractivity contribution in [3.63, 3.8) is 0 Å². The number of methoxy groups -OCH3 is 1. The van der Waals surface area contributed by atoms with Crippen molar-refractivity contribution >= 4 is 42.4 Å². The third-order valence-electron chi connectivity index (χ3n) is 5.68. The predicted octanol–water partition coefficient (Wildman–Crippen LogP) is 4.15. The molecular weight excluding hydrogens is 458 g/mol. The van der Waals surface area contributed by atoms with Crippen LogP contribution in [0.15, 0.2) is 47.4 Å². The number of amides is 1. The van der Waals surface area contributed by atoms with Gasteiger partial charge in [0.2, 0.25) is 5.91 Å². The zero-order chi connectivity index (χ0) is 24.0. The van der Waals surface area contributed by atoms with Gasteiger partial charge >= 0.3 is 0 Å². The van der Waals surface area contributed by atoms with Crippen molar-refractivity contribution < 1.29 is 17.9 Å². The molecular formula is C24H31N3O4S2. The molecule has 0 bridgehead atoms. The predicted molar refractivity (Wildman–Crippen MR) is 134 cm³/mol. The van der Waals surface area contributed by atoms with E-state index in [4.69, 9.17) is 9.72 Å². The molecule has 178 valence electrons. The number of rotatable bonds is 11. The van der Waals surface area contributed by atoms with Crippen molar-refractivity contribution in [2.24, 2.45) is 0 Å². The van der Waals surface area contributed by atoms with Crippen LogP contribution < -0.4 is 9.64 Å². The van der Waals surface area contributed by atoms with E-state index in [0.717, 1.165) is 28.9 Å². The van der Waals surface area contributed by atoms with E-state index in [2.05, 4.69) is 18.7 Å². The maximum absolute atomic E-state index is 13.3. The summed E-state index contributed by atoms with van der Waals surface area (Å²) in [6.45, 7) is 9.07. The Morgan fingerprint density at radius 2 is 1.76 bits per heavy atom. The smallest absolute Gasteiger partial charge is 0.229 e. The molecule has 3 rings (SSSR count). The maximum Gasteiger partial charge on any atom is 0.229 e. The van der Waals surface area contributed by atoms with Crippen LogP contribution in [0.5, 0.6) is 5.75 Å². The van der Waals surface area contributed by atoms with Crippen LogP contribution in [0.3, 0.4) is 0 Å². The molecule has 0 saturated heterocycles. The van der Waals surface area contributed by atoms with E-state index in [1.165, 1.54) is 30.6 Å². The van der Waals surface area contributed by atoms with Crippen molar-refractivity contribution in [2.45, 2.75) is 32.1 Å². The number of ether oxygens (including phenoxy) is 1. The van der Waals surface area contributed by atoms with Gasteiger partial charge in [-0.1, -0.05) is 37.3 Å². The third-order valence-corrected chi connectivity index (χ3v) is 8.45. The Bertz CT molecular complexity index is 1190. The van der Waals surface area contributed by atoms with Gasteiger partial charge in [0.1, 0.15) is 5.75 Å². The molecule has 1 aromatic heterocycles. The number of benzene rings is 2. The summed E-state index contributed by atoms with van der Waals surface area (Å²) in [7, 11) is -2.07. The zero-order valence-corrected chi connectivity index (χ0v) is 21.2. The number of hydrogen-bond donors (Lipinski definition) is 0. The van der Waals surface area contributed by atoms with Gasteiger partial charge in [-0.05, 0) is 55.9 Å². The Labute approximate surface area is 199 Å². The van der Waals surface area contributed by atoms with Crippen LogP contribution in [-0.4, -0.2) is 63.3 Å². The summed E-state index contributed by atoms with van der Waals surface area (Å²) < 4.78 is 31.7. The normalized spacial score (nSPS) is 11.8. The van der Waals surface area contributed by atoms with Crippen molar-refractivity contribution in [2.75, 3.05) is 43.9 Å². The Morgan fingerprint density at radius 1 is 1.06 bits per heavy atom. The van der Waals surface area contributed by atoms with Crippen LogP contribution in [0, 0.1) is 6.92 Å². The van der Waals surface area contributed by atoms with Crippen LogP contribution >= 0.6 is 11.3 Å². The largest absolute Gasteiger partial charge is 0.497 e. The number of aryl methyl sites for hydroxylation is 1. The molecule has 3 aromatic rings. The number of carbonyl (C=O) groups is 1. The van der Waals surface area contributed by atoms with Crippen LogP contribution in [0.25, 0.3) is 10.2 Å². The SMILES string of the molecule is CCN(CC)CCN(C(=O)CCS(=O)(=O)c1ccc(OC)cc1)c1nc2c(C)cccc2s1. The lowest BCUT2D eigenvalue weighted by Gasteiger charge is -2.24. The number of thiazole rings is 1. The first kappa shape index (κ1) is 25.1. The molecule has 0 unspecified atom stereocenters. The minimum atomic E-state index is -3.60.